The summed E-state index contributed by atoms with van der Waals surface area (Å²) in [7, 11) is 1.47. The van der Waals surface area contributed by atoms with E-state index in [2.05, 4.69) is 11.8 Å². The molecule has 0 spiro atoms. The van der Waals surface area contributed by atoms with E-state index in [0.717, 1.165) is 10.4 Å². The lowest BCUT2D eigenvalue weighted by molar-refractivity contribution is -0.148. The summed E-state index contributed by atoms with van der Waals surface area (Å²) in [5.74, 6) is 4.68. The molecule has 110 valence electrons. The zero-order valence-corrected chi connectivity index (χ0v) is 11.6. The number of aliphatic hydroxyl groups excluding tert-OH is 1. The third-order valence-electron chi connectivity index (χ3n) is 2.41. The topological polar surface area (TPSA) is 40.5 Å². The molecule has 0 saturated heterocycles. The van der Waals surface area contributed by atoms with Gasteiger partial charge in [0.25, 0.3) is 0 Å². The lowest BCUT2D eigenvalue weighted by atomic mass is 10.2. The molecule has 0 bridgehead atoms. The van der Waals surface area contributed by atoms with Gasteiger partial charge in [0.2, 0.25) is 5.91 Å². The Bertz CT molecular complexity index is 514. The van der Waals surface area contributed by atoms with Crippen LogP contribution in [0.2, 0.25) is 0 Å². The van der Waals surface area contributed by atoms with E-state index >= 15 is 0 Å². The number of thiophene rings is 1. The van der Waals surface area contributed by atoms with Crippen molar-refractivity contribution in [2.45, 2.75) is 25.6 Å². The van der Waals surface area contributed by atoms with Crippen molar-refractivity contribution in [3.8, 4) is 11.8 Å². The van der Waals surface area contributed by atoms with Crippen LogP contribution in [0.25, 0.3) is 0 Å². The van der Waals surface area contributed by atoms with Crippen molar-refractivity contribution in [1.82, 2.24) is 4.90 Å². The molecule has 0 aliphatic rings. The van der Waals surface area contributed by atoms with Crippen LogP contribution < -0.4 is 0 Å². The molecule has 0 atom stereocenters. The van der Waals surface area contributed by atoms with Gasteiger partial charge < -0.3 is 10.0 Å². The number of rotatable bonds is 4. The summed E-state index contributed by atoms with van der Waals surface area (Å²) >= 11 is 1.37. The number of hydrogen-bond donors (Lipinski definition) is 1. The van der Waals surface area contributed by atoms with Crippen molar-refractivity contribution in [3.63, 3.8) is 0 Å². The summed E-state index contributed by atoms with van der Waals surface area (Å²) in [5.41, 5.74) is 0.718. The maximum Gasteiger partial charge on any atom is 0.389 e. The van der Waals surface area contributed by atoms with Crippen molar-refractivity contribution in [3.05, 3.63) is 21.9 Å². The molecule has 1 rings (SSSR count). The zero-order chi connectivity index (χ0) is 15.2. The van der Waals surface area contributed by atoms with E-state index in [9.17, 15) is 18.0 Å². The Morgan fingerprint density at radius 1 is 1.50 bits per heavy atom. The van der Waals surface area contributed by atoms with Crippen molar-refractivity contribution >= 4 is 17.2 Å². The van der Waals surface area contributed by atoms with Gasteiger partial charge in [-0.25, -0.2) is 0 Å². The van der Waals surface area contributed by atoms with E-state index in [0.29, 0.717) is 0 Å². The second-order valence-corrected chi connectivity index (χ2v) is 5.12. The van der Waals surface area contributed by atoms with Crippen LogP contribution in [0.4, 0.5) is 13.2 Å². The van der Waals surface area contributed by atoms with Gasteiger partial charge in [0.15, 0.2) is 0 Å². The average Bonchev–Trinajstić information content (AvgIpc) is 2.80. The fourth-order valence-electron chi connectivity index (χ4n) is 1.43. The Morgan fingerprint density at radius 3 is 2.80 bits per heavy atom. The van der Waals surface area contributed by atoms with Crippen LogP contribution in [0, 0.1) is 11.8 Å². The van der Waals surface area contributed by atoms with Crippen LogP contribution in [0.3, 0.4) is 0 Å². The van der Waals surface area contributed by atoms with E-state index in [1.165, 1.54) is 23.3 Å². The maximum atomic E-state index is 12.0. The highest BCUT2D eigenvalue weighted by molar-refractivity contribution is 7.10. The van der Waals surface area contributed by atoms with Gasteiger partial charge >= 0.3 is 6.18 Å². The maximum absolute atomic E-state index is 12.0. The molecule has 7 heteroatoms. The van der Waals surface area contributed by atoms with Crippen LogP contribution >= 0.6 is 11.3 Å². The summed E-state index contributed by atoms with van der Waals surface area (Å²) in [5, 5.41) is 10.3. The van der Waals surface area contributed by atoms with Crippen LogP contribution in [-0.2, 0) is 11.3 Å². The molecule has 20 heavy (non-hydrogen) atoms. The second-order valence-electron chi connectivity index (χ2n) is 4.13. The van der Waals surface area contributed by atoms with Crippen LogP contribution in [0.1, 0.15) is 23.3 Å². The van der Waals surface area contributed by atoms with E-state index < -0.39 is 24.9 Å². The van der Waals surface area contributed by atoms with Crippen molar-refractivity contribution in [2.24, 2.45) is 0 Å². The van der Waals surface area contributed by atoms with Gasteiger partial charge in [0.1, 0.15) is 6.61 Å². The van der Waals surface area contributed by atoms with Gasteiger partial charge in [-0.1, -0.05) is 11.8 Å². The minimum Gasteiger partial charge on any atom is -0.384 e. The van der Waals surface area contributed by atoms with Gasteiger partial charge in [-0.15, -0.1) is 11.3 Å². The quantitative estimate of drug-likeness (QED) is 0.868. The molecule has 0 aliphatic heterocycles. The largest absolute Gasteiger partial charge is 0.389 e. The molecule has 1 heterocycles. The first-order chi connectivity index (χ1) is 9.31. The van der Waals surface area contributed by atoms with E-state index in [-0.39, 0.29) is 13.2 Å². The Hall–Kier alpha value is -1.52. The SMILES string of the molecule is CN(Cc1cc(C#CCO)cs1)C(=O)CCC(F)(F)F. The fourth-order valence-corrected chi connectivity index (χ4v) is 2.30. The standard InChI is InChI=1S/C13H14F3NO2S/c1-17(12(19)4-5-13(14,15)16)8-11-7-10(9-20-11)3-2-6-18/h7,9,18H,4-6,8H2,1H3. The molecule has 1 aromatic rings. The molecule has 3 nitrogen and oxygen atoms in total. The van der Waals surface area contributed by atoms with Gasteiger partial charge in [-0.3, -0.25) is 4.79 Å². The molecule has 0 radical (unpaired) electrons. The minimum absolute atomic E-state index is 0.235. The number of carbonyl (C=O) groups excluding carboxylic acids is 1. The van der Waals surface area contributed by atoms with Crippen LogP contribution in [0.15, 0.2) is 11.4 Å². The number of hydrogen-bond acceptors (Lipinski definition) is 3. The number of aliphatic hydroxyl groups is 1. The van der Waals surface area contributed by atoms with Gasteiger partial charge in [-0.2, -0.15) is 13.2 Å². The number of halogens is 3. The van der Waals surface area contributed by atoms with Crippen LogP contribution in [-0.4, -0.2) is 35.7 Å². The third-order valence-corrected chi connectivity index (χ3v) is 3.33. The summed E-state index contributed by atoms with van der Waals surface area (Å²) in [6.45, 7) is 0.0170. The van der Waals surface area contributed by atoms with Crippen LogP contribution in [0.5, 0.6) is 0 Å². The summed E-state index contributed by atoms with van der Waals surface area (Å²) in [4.78, 5) is 13.6. The van der Waals surface area contributed by atoms with Gasteiger partial charge in [0, 0.05) is 29.3 Å². The molecule has 1 amide bonds. The lowest BCUT2D eigenvalue weighted by Gasteiger charge is -2.16. The predicted octanol–water partition coefficient (Wildman–Crippen LogP) is 2.39. The van der Waals surface area contributed by atoms with Gasteiger partial charge in [0.05, 0.1) is 13.0 Å². The first-order valence-electron chi connectivity index (χ1n) is 5.79. The zero-order valence-electron chi connectivity index (χ0n) is 10.8. The van der Waals surface area contributed by atoms with E-state index in [4.69, 9.17) is 5.11 Å². The Balaban J connectivity index is 2.51. The molecule has 0 saturated carbocycles. The summed E-state index contributed by atoms with van der Waals surface area (Å²) in [6.07, 6.45) is -5.96. The first-order valence-corrected chi connectivity index (χ1v) is 6.67. The molecular weight excluding hydrogens is 291 g/mol. The number of carbonyl (C=O) groups is 1. The molecule has 1 aromatic heterocycles. The van der Waals surface area contributed by atoms with Crippen molar-refractivity contribution < 1.29 is 23.1 Å². The Labute approximate surface area is 119 Å². The monoisotopic (exact) mass is 305 g/mol. The van der Waals surface area contributed by atoms with Crippen molar-refractivity contribution in [1.29, 1.82) is 0 Å². The fraction of sp³-hybridized carbons (Fsp3) is 0.462. The lowest BCUT2D eigenvalue weighted by Crippen LogP contribution is -2.27. The predicted molar refractivity (Wildman–Crippen MR) is 70.0 cm³/mol. The van der Waals surface area contributed by atoms with Gasteiger partial charge in [-0.05, 0) is 6.07 Å². The summed E-state index contributed by atoms with van der Waals surface area (Å²) in [6, 6.07) is 1.75. The van der Waals surface area contributed by atoms with Crippen molar-refractivity contribution in [2.75, 3.05) is 13.7 Å². The number of alkyl halides is 3. The highest BCUT2D eigenvalue weighted by atomic mass is 32.1. The second kappa shape index (κ2) is 7.31. The molecule has 0 aromatic carbocycles. The molecule has 1 N–H and O–H groups in total. The van der Waals surface area contributed by atoms with E-state index in [1.807, 2.05) is 0 Å². The summed E-state index contributed by atoms with van der Waals surface area (Å²) < 4.78 is 36.1. The normalized spacial score (nSPS) is 10.8. The Kier molecular flexibility index (Phi) is 6.05. The molecule has 0 fully saturated rings. The van der Waals surface area contributed by atoms with E-state index in [1.54, 1.807) is 11.4 Å². The Morgan fingerprint density at radius 2 is 2.20 bits per heavy atom. The third kappa shape index (κ3) is 6.08. The minimum atomic E-state index is -4.31. The molecular formula is C13H14F3NO2S. The highest BCUT2D eigenvalue weighted by Gasteiger charge is 2.28. The number of amides is 1. The first kappa shape index (κ1) is 16.5. The smallest absolute Gasteiger partial charge is 0.384 e. The number of nitrogens with zero attached hydrogens (tertiary/aromatic N) is 1. The highest BCUT2D eigenvalue weighted by Crippen LogP contribution is 2.22. The molecule has 0 unspecified atom stereocenters. The molecule has 0 aliphatic carbocycles. The average molecular weight is 305 g/mol.